The van der Waals surface area contributed by atoms with Gasteiger partial charge >= 0.3 is 5.97 Å². The fourth-order valence-electron chi connectivity index (χ4n) is 4.97. The predicted octanol–water partition coefficient (Wildman–Crippen LogP) is 4.78. The highest BCUT2D eigenvalue weighted by Crippen LogP contribution is 2.50. The summed E-state index contributed by atoms with van der Waals surface area (Å²) in [6.45, 7) is 7.64. The van der Waals surface area contributed by atoms with Crippen molar-refractivity contribution in [3.8, 4) is 0 Å². The molecular formula is C26H28N4O2. The minimum absolute atomic E-state index is 0.284. The van der Waals surface area contributed by atoms with Crippen molar-refractivity contribution < 1.29 is 9.53 Å². The highest BCUT2D eigenvalue weighted by molar-refractivity contribution is 5.97. The number of ether oxygens (including phenoxy) is 1. The number of carbonyl (C=O) groups excluding carboxylic acids is 1. The van der Waals surface area contributed by atoms with E-state index in [1.54, 1.807) is 6.20 Å². The average Bonchev–Trinajstić information content (AvgIpc) is 3.30. The molecule has 2 aliphatic rings. The topological polar surface area (TPSA) is 83.7 Å². The zero-order valence-electron chi connectivity index (χ0n) is 18.8. The maximum absolute atomic E-state index is 13.7. The molecule has 3 heterocycles. The van der Waals surface area contributed by atoms with Crippen LogP contribution in [0.3, 0.4) is 0 Å². The number of hydrogen-bond donors (Lipinski definition) is 2. The number of benzene rings is 2. The minimum Gasteiger partial charge on any atom is -0.458 e. The van der Waals surface area contributed by atoms with Gasteiger partial charge in [-0.05, 0) is 50.3 Å². The van der Waals surface area contributed by atoms with E-state index < -0.39 is 17.7 Å². The van der Waals surface area contributed by atoms with Crippen LogP contribution in [-0.4, -0.2) is 28.8 Å². The smallest absolute Gasteiger partial charge is 0.330 e. The lowest BCUT2D eigenvalue weighted by Gasteiger charge is -2.33. The van der Waals surface area contributed by atoms with Crippen molar-refractivity contribution in [2.24, 2.45) is 10.7 Å². The number of fused-ring (bicyclic) bond motifs is 1. The number of esters is 1. The van der Waals surface area contributed by atoms with E-state index in [1.165, 1.54) is 0 Å². The number of nitrogens with zero attached hydrogens (tertiary/aromatic N) is 2. The third-order valence-corrected chi connectivity index (χ3v) is 6.19. The fraction of sp³-hybridized carbons (Fsp3) is 0.308. The van der Waals surface area contributed by atoms with Gasteiger partial charge in [0, 0.05) is 41.8 Å². The number of allylic oxidation sites excluding steroid dienone is 1. The van der Waals surface area contributed by atoms with Crippen molar-refractivity contribution in [3.05, 3.63) is 77.2 Å². The van der Waals surface area contributed by atoms with Gasteiger partial charge in [0.25, 0.3) is 0 Å². The van der Waals surface area contributed by atoms with Crippen LogP contribution in [0.5, 0.6) is 0 Å². The summed E-state index contributed by atoms with van der Waals surface area (Å²) in [5, 5.41) is 1.10. The predicted molar refractivity (Wildman–Crippen MR) is 128 cm³/mol. The summed E-state index contributed by atoms with van der Waals surface area (Å²) in [5.41, 5.74) is 12.2. The number of carbonyl (C=O) groups is 1. The molecule has 3 atom stereocenters. The van der Waals surface area contributed by atoms with Crippen molar-refractivity contribution in [1.82, 2.24) is 4.98 Å². The second-order valence-electron chi connectivity index (χ2n) is 9.52. The molecule has 164 valence electrons. The van der Waals surface area contributed by atoms with Crippen LogP contribution in [0.4, 0.5) is 5.69 Å². The molecule has 6 nitrogen and oxygen atoms in total. The number of nitrogens with two attached hydrogens (primary N) is 1. The van der Waals surface area contributed by atoms with Gasteiger partial charge in [-0.1, -0.05) is 36.4 Å². The van der Waals surface area contributed by atoms with Crippen molar-refractivity contribution in [2.45, 2.75) is 51.3 Å². The molecule has 32 heavy (non-hydrogen) atoms. The molecule has 3 aromatic rings. The van der Waals surface area contributed by atoms with E-state index in [0.717, 1.165) is 39.0 Å². The van der Waals surface area contributed by atoms with Gasteiger partial charge in [0.1, 0.15) is 11.6 Å². The van der Waals surface area contributed by atoms with E-state index in [4.69, 9.17) is 10.5 Å². The molecule has 0 saturated carbocycles. The first-order valence-corrected chi connectivity index (χ1v) is 10.9. The van der Waals surface area contributed by atoms with Gasteiger partial charge < -0.3 is 20.4 Å². The Morgan fingerprint density at radius 3 is 2.75 bits per heavy atom. The lowest BCUT2D eigenvalue weighted by atomic mass is 9.83. The summed E-state index contributed by atoms with van der Waals surface area (Å²) in [6, 6.07) is 13.2. The largest absolute Gasteiger partial charge is 0.458 e. The van der Waals surface area contributed by atoms with E-state index in [-0.39, 0.29) is 11.9 Å². The lowest BCUT2D eigenvalue weighted by molar-refractivity contribution is -0.157. The molecule has 0 aliphatic carbocycles. The number of hydrogen-bond acceptors (Lipinski definition) is 5. The van der Waals surface area contributed by atoms with Gasteiger partial charge in [-0.3, -0.25) is 4.99 Å². The Kier molecular flexibility index (Phi) is 4.71. The Balaban J connectivity index is 1.70. The summed E-state index contributed by atoms with van der Waals surface area (Å²) in [7, 11) is 0. The van der Waals surface area contributed by atoms with Crippen molar-refractivity contribution >= 4 is 28.8 Å². The van der Waals surface area contributed by atoms with Crippen molar-refractivity contribution in [1.29, 1.82) is 0 Å². The van der Waals surface area contributed by atoms with E-state index in [9.17, 15) is 4.79 Å². The molecule has 6 heteroatoms. The first-order chi connectivity index (χ1) is 15.3. The first kappa shape index (κ1) is 20.5. The molecule has 5 rings (SSSR count). The normalized spacial score (nSPS) is 20.7. The van der Waals surface area contributed by atoms with Gasteiger partial charge in [-0.15, -0.1) is 0 Å². The van der Waals surface area contributed by atoms with Crippen LogP contribution in [0, 0.1) is 0 Å². The highest BCUT2D eigenvalue weighted by Gasteiger charge is 2.49. The number of aliphatic imine (C=N–C) groups is 1. The standard InChI is InChI=1S/C26H28N4O2/c1-15-13-28-14-17-8-6-9-18-20(21(27)19-10-5-7-16-11-12-29-22(16)19)24(30(15)23(17)18)25(31)32-26(2,3)4/h5-14,20-21,24,29H,27H2,1-4H3. The van der Waals surface area contributed by atoms with Crippen LogP contribution in [-0.2, 0) is 9.53 Å². The van der Waals surface area contributed by atoms with E-state index in [2.05, 4.69) is 27.0 Å². The maximum Gasteiger partial charge on any atom is 0.330 e. The van der Waals surface area contributed by atoms with Crippen LogP contribution in [0.1, 0.15) is 56.3 Å². The second kappa shape index (κ2) is 7.35. The number of anilines is 1. The Morgan fingerprint density at radius 1 is 1.19 bits per heavy atom. The molecule has 0 radical (unpaired) electrons. The van der Waals surface area contributed by atoms with E-state index >= 15 is 0 Å². The monoisotopic (exact) mass is 428 g/mol. The van der Waals surface area contributed by atoms with Gasteiger partial charge in [0.15, 0.2) is 0 Å². The van der Waals surface area contributed by atoms with Crippen LogP contribution in [0.25, 0.3) is 10.9 Å². The number of nitrogens with one attached hydrogen (secondary N) is 1. The number of aromatic nitrogens is 1. The highest BCUT2D eigenvalue weighted by atomic mass is 16.6. The summed E-state index contributed by atoms with van der Waals surface area (Å²) >= 11 is 0. The Bertz CT molecular complexity index is 1260. The number of aromatic amines is 1. The van der Waals surface area contributed by atoms with Gasteiger partial charge in [-0.25, -0.2) is 4.79 Å². The zero-order valence-corrected chi connectivity index (χ0v) is 18.8. The van der Waals surface area contributed by atoms with Crippen LogP contribution in [0.2, 0.25) is 0 Å². The molecule has 3 unspecified atom stereocenters. The number of rotatable bonds is 3. The van der Waals surface area contributed by atoms with Crippen molar-refractivity contribution in [2.75, 3.05) is 4.90 Å². The van der Waals surface area contributed by atoms with Crippen LogP contribution in [0.15, 0.2) is 65.6 Å². The zero-order chi connectivity index (χ0) is 22.6. The van der Waals surface area contributed by atoms with Gasteiger partial charge in [0.05, 0.1) is 11.2 Å². The average molecular weight is 429 g/mol. The molecule has 0 spiro atoms. The third kappa shape index (κ3) is 3.22. The van der Waals surface area contributed by atoms with E-state index in [0.29, 0.717) is 0 Å². The van der Waals surface area contributed by atoms with E-state index in [1.807, 2.05) is 70.4 Å². The Labute approximate surface area is 187 Å². The summed E-state index contributed by atoms with van der Waals surface area (Å²) in [6.07, 6.45) is 5.55. The number of para-hydroxylation sites is 2. The SMILES string of the molecule is CC1=CN=Cc2cccc3c2N1C(C(=O)OC(C)(C)C)C3C(N)c1cccc2cc[nH]c12. The molecule has 0 saturated heterocycles. The van der Waals surface area contributed by atoms with Crippen LogP contribution >= 0.6 is 0 Å². The maximum atomic E-state index is 13.7. The Hall–Kier alpha value is -3.38. The van der Waals surface area contributed by atoms with Crippen molar-refractivity contribution in [3.63, 3.8) is 0 Å². The molecule has 1 aromatic heterocycles. The fourth-order valence-corrected chi connectivity index (χ4v) is 4.97. The summed E-state index contributed by atoms with van der Waals surface area (Å²) in [5.74, 6) is -0.572. The summed E-state index contributed by atoms with van der Waals surface area (Å²) < 4.78 is 5.91. The van der Waals surface area contributed by atoms with Gasteiger partial charge in [-0.2, -0.15) is 0 Å². The van der Waals surface area contributed by atoms with Gasteiger partial charge in [0.2, 0.25) is 0 Å². The number of H-pyrrole nitrogens is 1. The van der Waals surface area contributed by atoms with Crippen LogP contribution < -0.4 is 10.6 Å². The molecule has 2 aromatic carbocycles. The second-order valence-corrected chi connectivity index (χ2v) is 9.52. The lowest BCUT2D eigenvalue weighted by Crippen LogP contribution is -2.46. The first-order valence-electron chi connectivity index (χ1n) is 10.9. The quantitative estimate of drug-likeness (QED) is 0.588. The molecule has 0 bridgehead atoms. The molecule has 3 N–H and O–H groups in total. The molecular weight excluding hydrogens is 400 g/mol. The molecule has 2 aliphatic heterocycles. The third-order valence-electron chi connectivity index (χ3n) is 6.19. The Morgan fingerprint density at radius 2 is 1.97 bits per heavy atom. The summed E-state index contributed by atoms with van der Waals surface area (Å²) in [4.78, 5) is 23.5. The molecule has 0 amide bonds. The molecule has 0 fully saturated rings. The minimum atomic E-state index is -0.608.